The van der Waals surface area contributed by atoms with E-state index in [0.29, 0.717) is 69.7 Å². The van der Waals surface area contributed by atoms with Gasteiger partial charge in [0.15, 0.2) is 0 Å². The van der Waals surface area contributed by atoms with Gasteiger partial charge in [0.2, 0.25) is 11.8 Å². The smallest absolute Gasteiger partial charge is 0.336 e. The molecule has 7 rings (SSSR count). The number of nitrogens with one attached hydrogen (secondary N) is 3. The van der Waals surface area contributed by atoms with Crippen LogP contribution in [0, 0.1) is 12.8 Å². The third kappa shape index (κ3) is 12.3. The molecule has 14 nitrogen and oxygen atoms in total. The van der Waals surface area contributed by atoms with Gasteiger partial charge < -0.3 is 44.9 Å². The summed E-state index contributed by atoms with van der Waals surface area (Å²) in [7, 11) is 0. The minimum absolute atomic E-state index is 0.0468. The van der Waals surface area contributed by atoms with E-state index in [1.54, 1.807) is 12.1 Å². The maximum Gasteiger partial charge on any atom is 0.336 e. The second-order valence-corrected chi connectivity index (χ2v) is 17.0. The number of anilines is 2. The van der Waals surface area contributed by atoms with E-state index in [1.807, 2.05) is 75.1 Å². The maximum absolute atomic E-state index is 13.4. The van der Waals surface area contributed by atoms with Crippen LogP contribution in [0.15, 0.2) is 107 Å². The van der Waals surface area contributed by atoms with Gasteiger partial charge in [-0.15, -0.1) is 0 Å². The molecular formula is C54H63N5O9. The van der Waals surface area contributed by atoms with Crippen molar-refractivity contribution < 1.29 is 43.2 Å². The first kappa shape index (κ1) is 49.3. The molecule has 2 atom stereocenters. The van der Waals surface area contributed by atoms with Crippen LogP contribution in [0.3, 0.4) is 0 Å². The number of hydrogen-bond acceptors (Lipinski definition) is 10. The number of ether oxygens (including phenoxy) is 4. The number of carbonyl (C=O) groups is 4. The highest BCUT2D eigenvalue weighted by Gasteiger charge is 2.39. The minimum atomic E-state index is -1.13. The zero-order valence-electron chi connectivity index (χ0n) is 39.5. The second kappa shape index (κ2) is 23.9. The van der Waals surface area contributed by atoms with Gasteiger partial charge in [0.25, 0.3) is 5.91 Å². The number of aryl methyl sites for hydroxylation is 3. The number of nitrogens with zero attached hydrogens (tertiary/aromatic N) is 2. The lowest BCUT2D eigenvalue weighted by Crippen LogP contribution is -2.34. The largest absolute Gasteiger partial charge is 0.478 e. The lowest BCUT2D eigenvalue weighted by Gasteiger charge is -2.37. The number of carbonyl (C=O) groups excluding carboxylic acids is 3. The van der Waals surface area contributed by atoms with E-state index >= 15 is 0 Å². The number of hydrogen-bond donors (Lipinski definition) is 4. The van der Waals surface area contributed by atoms with Gasteiger partial charge in [-0.2, -0.15) is 0 Å². The Morgan fingerprint density at radius 1 is 0.779 bits per heavy atom. The Balaban J connectivity index is 0.800. The lowest BCUT2D eigenvalue weighted by atomic mass is 9.73. The van der Waals surface area contributed by atoms with E-state index in [0.717, 1.165) is 64.3 Å². The summed E-state index contributed by atoms with van der Waals surface area (Å²) in [5.74, 6) is -1.14. The van der Waals surface area contributed by atoms with E-state index in [2.05, 4.69) is 51.3 Å². The summed E-state index contributed by atoms with van der Waals surface area (Å²) >= 11 is 0. The third-order valence-corrected chi connectivity index (χ3v) is 12.4. The molecule has 2 unspecified atom stereocenters. The molecule has 14 heteroatoms. The molecule has 2 aliphatic heterocycles. The number of allylic oxidation sites excluding steroid dienone is 3. The summed E-state index contributed by atoms with van der Waals surface area (Å²) in [6.45, 7) is 12.2. The zero-order chi connectivity index (χ0) is 48.0. The number of amides is 3. The van der Waals surface area contributed by atoms with Crippen molar-refractivity contribution in [1.82, 2.24) is 10.6 Å². The first-order valence-corrected chi connectivity index (χ1v) is 23.7. The molecule has 68 heavy (non-hydrogen) atoms. The number of para-hydroxylation sites is 1. The highest BCUT2D eigenvalue weighted by molar-refractivity contribution is 6.09. The van der Waals surface area contributed by atoms with Crippen molar-refractivity contribution in [2.75, 3.05) is 76.0 Å². The number of rotatable bonds is 21. The fraction of sp³-hybridized carbons (Fsp3) is 0.389. The van der Waals surface area contributed by atoms with Crippen molar-refractivity contribution in [3.63, 3.8) is 0 Å². The number of carboxylic acid groups (broad SMARTS) is 1. The molecule has 0 aromatic heterocycles. The van der Waals surface area contributed by atoms with E-state index in [4.69, 9.17) is 18.9 Å². The van der Waals surface area contributed by atoms with Gasteiger partial charge in [-0.25, -0.2) is 4.79 Å². The Hall–Kier alpha value is -6.61. The van der Waals surface area contributed by atoms with E-state index in [1.165, 1.54) is 11.6 Å². The highest BCUT2D eigenvalue weighted by atomic mass is 16.5. The van der Waals surface area contributed by atoms with Crippen LogP contribution in [0.2, 0.25) is 0 Å². The number of aliphatic imine (C=N–C) groups is 1. The number of carboxylic acids is 1. The van der Waals surface area contributed by atoms with Gasteiger partial charge in [0, 0.05) is 85.5 Å². The lowest BCUT2D eigenvalue weighted by molar-refractivity contribution is -0.125. The predicted molar refractivity (Wildman–Crippen MR) is 263 cm³/mol. The summed E-state index contributed by atoms with van der Waals surface area (Å²) in [5.41, 5.74) is 9.93. The molecule has 0 saturated carbocycles. The van der Waals surface area contributed by atoms with Crippen molar-refractivity contribution in [3.05, 3.63) is 147 Å². The van der Waals surface area contributed by atoms with Gasteiger partial charge >= 0.3 is 5.97 Å². The van der Waals surface area contributed by atoms with E-state index in [-0.39, 0.29) is 60.8 Å². The van der Waals surface area contributed by atoms with Gasteiger partial charge in [0.1, 0.15) is 11.5 Å². The van der Waals surface area contributed by atoms with Crippen molar-refractivity contribution in [2.45, 2.75) is 65.8 Å². The SMILES string of the molecule is CCN=C1C=C2Oc3cc(NCC)c(C)cc3C(c3ccc(C(=O)NCCOCCOCCOCCNC(=O)CCC(=O)N4Cc5ccccc5CCc5ccccc54)cc3C(=O)O)C2C=C1C. The summed E-state index contributed by atoms with van der Waals surface area (Å²) in [6, 6.07) is 25.1. The van der Waals surface area contributed by atoms with Crippen molar-refractivity contribution in [2.24, 2.45) is 10.9 Å². The molecule has 4 aromatic carbocycles. The maximum atomic E-state index is 13.4. The fourth-order valence-electron chi connectivity index (χ4n) is 9.01. The minimum Gasteiger partial charge on any atom is -0.478 e. The molecule has 0 spiro atoms. The summed E-state index contributed by atoms with van der Waals surface area (Å²) < 4.78 is 23.3. The monoisotopic (exact) mass is 925 g/mol. The van der Waals surface area contributed by atoms with Gasteiger partial charge in [-0.3, -0.25) is 19.4 Å². The topological polar surface area (TPSA) is 177 Å². The zero-order valence-corrected chi connectivity index (χ0v) is 39.5. The molecule has 0 saturated heterocycles. The third-order valence-electron chi connectivity index (χ3n) is 12.4. The molecule has 3 amide bonds. The number of benzene rings is 4. The molecule has 0 fully saturated rings. The van der Waals surface area contributed by atoms with Gasteiger partial charge in [-0.05, 0) is 98.2 Å². The van der Waals surface area contributed by atoms with Gasteiger partial charge in [0.05, 0.1) is 57.5 Å². The molecular weight excluding hydrogens is 863 g/mol. The molecule has 1 aliphatic carbocycles. The first-order valence-electron chi connectivity index (χ1n) is 23.7. The molecule has 4 aromatic rings. The Kier molecular flexibility index (Phi) is 17.3. The summed E-state index contributed by atoms with van der Waals surface area (Å²) in [6.07, 6.45) is 6.01. The Morgan fingerprint density at radius 3 is 2.18 bits per heavy atom. The molecule has 0 radical (unpaired) electrons. The summed E-state index contributed by atoms with van der Waals surface area (Å²) in [4.78, 5) is 58.6. The Morgan fingerprint density at radius 2 is 1.46 bits per heavy atom. The molecule has 3 aliphatic rings. The quantitative estimate of drug-likeness (QED) is 0.0610. The molecule has 0 bridgehead atoms. The van der Waals surface area contributed by atoms with Crippen LogP contribution < -0.4 is 25.6 Å². The van der Waals surface area contributed by atoms with Crippen LogP contribution >= 0.6 is 0 Å². The Bertz CT molecular complexity index is 2570. The van der Waals surface area contributed by atoms with E-state index < -0.39 is 11.9 Å². The summed E-state index contributed by atoms with van der Waals surface area (Å²) in [5, 5.41) is 19.6. The van der Waals surface area contributed by atoms with Crippen LogP contribution in [-0.2, 0) is 43.2 Å². The van der Waals surface area contributed by atoms with Crippen molar-refractivity contribution in [1.29, 1.82) is 0 Å². The predicted octanol–water partition coefficient (Wildman–Crippen LogP) is 7.58. The van der Waals surface area contributed by atoms with Crippen LogP contribution in [0.1, 0.15) is 93.6 Å². The first-order chi connectivity index (χ1) is 33.1. The van der Waals surface area contributed by atoms with Gasteiger partial charge in [-0.1, -0.05) is 54.6 Å². The molecule has 2 heterocycles. The second-order valence-electron chi connectivity index (χ2n) is 17.0. The number of aromatic carboxylic acids is 1. The average Bonchev–Trinajstić information content (AvgIpc) is 3.33. The molecule has 358 valence electrons. The van der Waals surface area contributed by atoms with E-state index in [9.17, 15) is 24.3 Å². The normalized spacial score (nSPS) is 16.6. The standard InChI is InChI=1S/C54H63N5O9/c1-5-55-45-32-48-43(29-35(45)3)52(44-30-36(4)46(56-6-2)33-49(44)68-48)41-18-17-39(31-42(41)54(63)64)53(62)58-22-24-66-26-28-67-27-25-65-23-21-57-50(60)19-20-51(61)59-34-40-13-8-7-11-37(40)15-16-38-12-9-10-14-47(38)59/h7-14,17-18,29-33,43,52,56H,5-6,15-16,19-28,34H2,1-4H3,(H,57,60)(H,58,62)(H,63,64). The van der Waals surface area contributed by atoms with Crippen LogP contribution in [0.4, 0.5) is 11.4 Å². The highest BCUT2D eigenvalue weighted by Crippen LogP contribution is 2.50. The average molecular weight is 926 g/mol. The fourth-order valence-corrected chi connectivity index (χ4v) is 9.01. The van der Waals surface area contributed by atoms with Crippen molar-refractivity contribution >= 4 is 40.8 Å². The Labute approximate surface area is 398 Å². The number of fused-ring (bicyclic) bond motifs is 4. The van der Waals surface area contributed by atoms with Crippen LogP contribution in [0.5, 0.6) is 5.75 Å². The van der Waals surface area contributed by atoms with Crippen LogP contribution in [0.25, 0.3) is 0 Å². The van der Waals surface area contributed by atoms with Crippen molar-refractivity contribution in [3.8, 4) is 5.75 Å². The molecule has 4 N–H and O–H groups in total. The van der Waals surface area contributed by atoms with Crippen LogP contribution in [-0.4, -0.2) is 100 Å².